The number of carboxylic acid groups (broad SMARTS) is 1. The van der Waals surface area contributed by atoms with Gasteiger partial charge in [-0.25, -0.2) is 8.78 Å². The van der Waals surface area contributed by atoms with Gasteiger partial charge in [0.1, 0.15) is 11.6 Å². The quantitative estimate of drug-likeness (QED) is 0.568. The van der Waals surface area contributed by atoms with Crippen LogP contribution in [-0.2, 0) is 0 Å². The third-order valence-corrected chi connectivity index (χ3v) is 2.08. The average molecular weight is 283 g/mol. The molecule has 64 valence electrons. The molecular weight excluding hydrogens is 281 g/mol. The van der Waals surface area contributed by atoms with Crippen molar-refractivity contribution in [3.63, 3.8) is 0 Å². The third kappa shape index (κ3) is 1.55. The van der Waals surface area contributed by atoms with Crippen LogP contribution in [0.4, 0.5) is 8.78 Å². The maximum atomic E-state index is 12.8. The van der Waals surface area contributed by atoms with E-state index < -0.39 is 23.2 Å². The van der Waals surface area contributed by atoms with Crippen LogP contribution in [0.1, 0.15) is 10.4 Å². The maximum absolute atomic E-state index is 12.8. The molecule has 1 aromatic carbocycles. The van der Waals surface area contributed by atoms with Crippen LogP contribution in [0.15, 0.2) is 12.1 Å². The Hall–Kier alpha value is -0.720. The van der Waals surface area contributed by atoms with E-state index in [0.717, 1.165) is 12.1 Å². The first-order valence-corrected chi connectivity index (χ1v) is 3.96. The number of carboxylic acids is 1. The first-order chi connectivity index (χ1) is 5.54. The first-order valence-electron chi connectivity index (χ1n) is 2.89. The second-order valence-electron chi connectivity index (χ2n) is 2.01. The molecule has 0 aliphatic heterocycles. The number of halogens is 3. The first kappa shape index (κ1) is 9.37. The maximum Gasteiger partial charge on any atom is 0.148 e. The van der Waals surface area contributed by atoms with E-state index in [0.29, 0.717) is 0 Å². The second kappa shape index (κ2) is 3.34. The van der Waals surface area contributed by atoms with E-state index in [1.165, 1.54) is 0 Å². The highest BCUT2D eigenvalue weighted by Gasteiger charge is 2.12. The van der Waals surface area contributed by atoms with Crippen LogP contribution in [0, 0.1) is 15.2 Å². The summed E-state index contributed by atoms with van der Waals surface area (Å²) < 4.78 is 25.5. The highest BCUT2D eigenvalue weighted by molar-refractivity contribution is 14.1. The molecule has 0 radical (unpaired) electrons. The van der Waals surface area contributed by atoms with Gasteiger partial charge in [-0.15, -0.1) is 0 Å². The highest BCUT2D eigenvalue weighted by Crippen LogP contribution is 2.17. The Morgan fingerprint density at radius 1 is 1.42 bits per heavy atom. The van der Waals surface area contributed by atoms with Gasteiger partial charge in [-0.1, -0.05) is 0 Å². The van der Waals surface area contributed by atoms with Gasteiger partial charge < -0.3 is 9.90 Å². The zero-order valence-corrected chi connectivity index (χ0v) is 7.76. The number of hydrogen-bond acceptors (Lipinski definition) is 2. The van der Waals surface area contributed by atoms with Crippen LogP contribution >= 0.6 is 22.6 Å². The summed E-state index contributed by atoms with van der Waals surface area (Å²) >= 11 is 1.57. The van der Waals surface area contributed by atoms with Crippen molar-refractivity contribution in [3.8, 4) is 0 Å². The summed E-state index contributed by atoms with van der Waals surface area (Å²) in [5.74, 6) is -4.05. The minimum atomic E-state index is -1.84. The minimum absolute atomic E-state index is 0.0493. The molecule has 0 saturated heterocycles. The lowest BCUT2D eigenvalue weighted by atomic mass is 10.2. The van der Waals surface area contributed by atoms with Crippen LogP contribution in [0.2, 0.25) is 0 Å². The molecule has 0 saturated carbocycles. The molecule has 0 N–H and O–H groups in total. The summed E-state index contributed by atoms with van der Waals surface area (Å²) in [6, 6.07) is 2.04. The summed E-state index contributed by atoms with van der Waals surface area (Å²) in [6.07, 6.45) is 0. The van der Waals surface area contributed by atoms with Crippen molar-refractivity contribution in [3.05, 3.63) is 32.9 Å². The molecule has 0 spiro atoms. The predicted molar refractivity (Wildman–Crippen MR) is 43.4 cm³/mol. The molecule has 0 aliphatic carbocycles. The highest BCUT2D eigenvalue weighted by atomic mass is 127. The minimum Gasteiger partial charge on any atom is -0.545 e. The zero-order chi connectivity index (χ0) is 9.30. The Bertz CT molecular complexity index is 338. The van der Waals surface area contributed by atoms with Crippen molar-refractivity contribution < 1.29 is 18.7 Å². The van der Waals surface area contributed by atoms with Crippen molar-refractivity contribution in [2.24, 2.45) is 0 Å². The van der Waals surface area contributed by atoms with E-state index in [9.17, 15) is 18.7 Å². The summed E-state index contributed by atoms with van der Waals surface area (Å²) in [6.45, 7) is 0. The number of carbonyl (C=O) groups excluding carboxylic acids is 1. The topological polar surface area (TPSA) is 40.1 Å². The van der Waals surface area contributed by atoms with E-state index in [1.54, 1.807) is 22.6 Å². The van der Waals surface area contributed by atoms with Crippen LogP contribution in [0.3, 0.4) is 0 Å². The molecule has 0 atom stereocenters. The smallest absolute Gasteiger partial charge is 0.148 e. The SMILES string of the molecule is O=C([O-])c1c(F)ccc(I)c1F. The van der Waals surface area contributed by atoms with Gasteiger partial charge in [0.05, 0.1) is 11.5 Å². The molecule has 0 amide bonds. The summed E-state index contributed by atoms with van der Waals surface area (Å²) in [5.41, 5.74) is -1.01. The van der Waals surface area contributed by atoms with E-state index in [2.05, 4.69) is 0 Å². The molecule has 2 nitrogen and oxygen atoms in total. The fourth-order valence-electron chi connectivity index (χ4n) is 0.714. The fourth-order valence-corrected chi connectivity index (χ4v) is 1.16. The molecule has 0 bridgehead atoms. The van der Waals surface area contributed by atoms with Gasteiger partial charge in [-0.2, -0.15) is 0 Å². The largest absolute Gasteiger partial charge is 0.545 e. The molecule has 1 rings (SSSR count). The molecule has 12 heavy (non-hydrogen) atoms. The lowest BCUT2D eigenvalue weighted by molar-refractivity contribution is -0.255. The Kier molecular flexibility index (Phi) is 2.61. The Labute approximate surface area is 80.3 Å². The number of aromatic carboxylic acids is 1. The fraction of sp³-hybridized carbons (Fsp3) is 0. The molecule has 1 aromatic rings. The molecule has 0 aliphatic rings. The van der Waals surface area contributed by atoms with Crippen molar-refractivity contribution in [2.75, 3.05) is 0 Å². The van der Waals surface area contributed by atoms with Crippen molar-refractivity contribution in [1.29, 1.82) is 0 Å². The number of carbonyl (C=O) groups is 1. The van der Waals surface area contributed by atoms with E-state index in [1.807, 2.05) is 0 Å². The van der Waals surface area contributed by atoms with Gasteiger partial charge in [0, 0.05) is 3.57 Å². The van der Waals surface area contributed by atoms with Gasteiger partial charge in [0.15, 0.2) is 0 Å². The number of rotatable bonds is 1. The van der Waals surface area contributed by atoms with E-state index in [-0.39, 0.29) is 3.57 Å². The van der Waals surface area contributed by atoms with Crippen LogP contribution in [-0.4, -0.2) is 5.97 Å². The Morgan fingerprint density at radius 3 is 2.42 bits per heavy atom. The zero-order valence-electron chi connectivity index (χ0n) is 5.61. The van der Waals surface area contributed by atoms with Crippen LogP contribution < -0.4 is 5.11 Å². The van der Waals surface area contributed by atoms with Crippen molar-refractivity contribution >= 4 is 28.6 Å². The summed E-state index contributed by atoms with van der Waals surface area (Å²) in [7, 11) is 0. The number of benzene rings is 1. The van der Waals surface area contributed by atoms with E-state index in [4.69, 9.17) is 0 Å². The van der Waals surface area contributed by atoms with Gasteiger partial charge in [0.2, 0.25) is 0 Å². The standard InChI is InChI=1S/C7H3F2IO2/c8-3-1-2-4(10)6(9)5(3)7(11)12/h1-2H,(H,11,12)/p-1. The monoisotopic (exact) mass is 283 g/mol. The predicted octanol–water partition coefficient (Wildman–Crippen LogP) is 0.933. The lowest BCUT2D eigenvalue weighted by Gasteiger charge is -2.05. The molecule has 5 heteroatoms. The third-order valence-electron chi connectivity index (χ3n) is 1.25. The summed E-state index contributed by atoms with van der Waals surface area (Å²) in [4.78, 5) is 10.2. The van der Waals surface area contributed by atoms with Gasteiger partial charge in [0.25, 0.3) is 0 Å². The van der Waals surface area contributed by atoms with Gasteiger partial charge in [-0.05, 0) is 34.7 Å². The second-order valence-corrected chi connectivity index (χ2v) is 3.17. The average Bonchev–Trinajstić information content (AvgIpc) is 1.97. The summed E-state index contributed by atoms with van der Waals surface area (Å²) in [5, 5.41) is 10.2. The lowest BCUT2D eigenvalue weighted by Crippen LogP contribution is -2.25. The molecule has 0 aromatic heterocycles. The number of hydrogen-bond donors (Lipinski definition) is 0. The molecule has 0 fully saturated rings. The Morgan fingerprint density at radius 2 is 2.00 bits per heavy atom. The molecular formula is C7H2F2IO2-. The Balaban J connectivity index is 3.43. The van der Waals surface area contributed by atoms with Gasteiger partial charge >= 0.3 is 0 Å². The normalized spacial score (nSPS) is 9.92. The van der Waals surface area contributed by atoms with Gasteiger partial charge in [-0.3, -0.25) is 0 Å². The van der Waals surface area contributed by atoms with E-state index >= 15 is 0 Å². The molecule has 0 unspecified atom stereocenters. The van der Waals surface area contributed by atoms with Crippen LogP contribution in [0.25, 0.3) is 0 Å². The van der Waals surface area contributed by atoms with Crippen molar-refractivity contribution in [1.82, 2.24) is 0 Å². The molecule has 0 heterocycles. The van der Waals surface area contributed by atoms with Crippen LogP contribution in [0.5, 0.6) is 0 Å². The van der Waals surface area contributed by atoms with Crippen molar-refractivity contribution in [2.45, 2.75) is 0 Å².